The average Bonchev–Trinajstić information content (AvgIpc) is 3.13. The van der Waals surface area contributed by atoms with E-state index in [-0.39, 0.29) is 5.78 Å². The van der Waals surface area contributed by atoms with Crippen molar-refractivity contribution in [3.63, 3.8) is 0 Å². The Morgan fingerprint density at radius 2 is 1.39 bits per heavy atom. The maximum atomic E-state index is 13.3. The molecule has 0 aliphatic rings. The molecule has 1 atom stereocenters. The zero-order valence-corrected chi connectivity index (χ0v) is 16.2. The molecule has 0 radical (unpaired) electrons. The van der Waals surface area contributed by atoms with Crippen molar-refractivity contribution in [3.05, 3.63) is 102 Å². The summed E-state index contributed by atoms with van der Waals surface area (Å²) < 4.78 is 1.94. The van der Waals surface area contributed by atoms with E-state index < -0.39 is 5.25 Å². The highest BCUT2D eigenvalue weighted by atomic mass is 32.2. The second-order valence-electron chi connectivity index (χ2n) is 6.37. The summed E-state index contributed by atoms with van der Waals surface area (Å²) >= 11 is 1.43. The molecule has 4 nitrogen and oxygen atoms in total. The van der Waals surface area contributed by atoms with Gasteiger partial charge < -0.3 is 4.57 Å². The van der Waals surface area contributed by atoms with Gasteiger partial charge in [0.1, 0.15) is 5.25 Å². The Morgan fingerprint density at radius 1 is 0.821 bits per heavy atom. The summed E-state index contributed by atoms with van der Waals surface area (Å²) in [5.41, 5.74) is 2.63. The summed E-state index contributed by atoms with van der Waals surface area (Å²) in [6, 6.07) is 29.1. The van der Waals surface area contributed by atoms with Gasteiger partial charge in [-0.2, -0.15) is 0 Å². The number of hydrogen-bond donors (Lipinski definition) is 0. The van der Waals surface area contributed by atoms with Crippen LogP contribution in [0.3, 0.4) is 0 Å². The first-order valence-corrected chi connectivity index (χ1v) is 9.87. The van der Waals surface area contributed by atoms with E-state index in [1.165, 1.54) is 11.8 Å². The summed E-state index contributed by atoms with van der Waals surface area (Å²) in [6.07, 6.45) is 0. The molecule has 0 N–H and O–H groups in total. The Morgan fingerprint density at radius 3 is 2.04 bits per heavy atom. The third kappa shape index (κ3) is 3.75. The topological polar surface area (TPSA) is 47.8 Å². The SMILES string of the molecule is Cn1c(S[C@H](C(=O)c2ccccc2)c2ccccc2)nnc1-c1ccccc1. The number of carbonyl (C=O) groups excluding carboxylic acids is 1. The first kappa shape index (κ1) is 18.2. The van der Waals surface area contributed by atoms with E-state index in [0.29, 0.717) is 10.7 Å². The van der Waals surface area contributed by atoms with E-state index in [4.69, 9.17) is 0 Å². The molecule has 1 heterocycles. The number of Topliss-reactive ketones (excluding diaryl/α,β-unsaturated/α-hetero) is 1. The van der Waals surface area contributed by atoms with Crippen molar-refractivity contribution in [3.8, 4) is 11.4 Å². The number of nitrogens with zero attached hydrogens (tertiary/aromatic N) is 3. The van der Waals surface area contributed by atoms with E-state index in [0.717, 1.165) is 17.0 Å². The molecule has 0 aliphatic heterocycles. The standard InChI is InChI=1S/C23H19N3OS/c1-26-22(19-15-9-4-10-16-19)24-25-23(26)28-21(18-13-7-3-8-14-18)20(27)17-11-5-2-6-12-17/h2-16,21H,1H3/t21-/m0/s1. The summed E-state index contributed by atoms with van der Waals surface area (Å²) in [5, 5.41) is 9.01. The monoisotopic (exact) mass is 385 g/mol. The molecule has 1 aromatic heterocycles. The zero-order chi connectivity index (χ0) is 19.3. The van der Waals surface area contributed by atoms with Gasteiger partial charge >= 0.3 is 0 Å². The number of benzene rings is 3. The molecule has 4 rings (SSSR count). The molecule has 0 saturated heterocycles. The summed E-state index contributed by atoms with van der Waals surface area (Å²) in [6.45, 7) is 0. The van der Waals surface area contributed by atoms with Gasteiger partial charge in [-0.25, -0.2) is 0 Å². The first-order valence-electron chi connectivity index (χ1n) is 8.99. The van der Waals surface area contributed by atoms with Crippen LogP contribution in [0.25, 0.3) is 11.4 Å². The van der Waals surface area contributed by atoms with Gasteiger partial charge in [-0.05, 0) is 5.56 Å². The highest BCUT2D eigenvalue weighted by Crippen LogP contribution is 2.37. The smallest absolute Gasteiger partial charge is 0.192 e. The Hall–Kier alpha value is -3.18. The maximum Gasteiger partial charge on any atom is 0.192 e. The number of hydrogen-bond acceptors (Lipinski definition) is 4. The molecular formula is C23H19N3OS. The number of rotatable bonds is 6. The van der Waals surface area contributed by atoms with Crippen LogP contribution in [0.1, 0.15) is 21.2 Å². The molecule has 0 unspecified atom stereocenters. The minimum atomic E-state index is -0.393. The van der Waals surface area contributed by atoms with Crippen LogP contribution in [0.15, 0.2) is 96.2 Å². The fourth-order valence-electron chi connectivity index (χ4n) is 3.02. The quantitative estimate of drug-likeness (QED) is 0.338. The molecule has 5 heteroatoms. The lowest BCUT2D eigenvalue weighted by Gasteiger charge is -2.15. The molecule has 0 amide bonds. The summed E-state index contributed by atoms with van der Waals surface area (Å²) in [7, 11) is 1.93. The third-order valence-electron chi connectivity index (χ3n) is 4.49. The average molecular weight is 385 g/mol. The molecule has 4 aromatic rings. The lowest BCUT2D eigenvalue weighted by Crippen LogP contribution is -2.11. The molecule has 0 spiro atoms. The highest BCUT2D eigenvalue weighted by Gasteiger charge is 2.26. The van der Waals surface area contributed by atoms with Crippen molar-refractivity contribution in [1.82, 2.24) is 14.8 Å². The summed E-state index contributed by atoms with van der Waals surface area (Å²) in [4.78, 5) is 13.3. The summed E-state index contributed by atoms with van der Waals surface area (Å²) in [5.74, 6) is 0.836. The van der Waals surface area contributed by atoms with Gasteiger partial charge in [0, 0.05) is 18.2 Å². The van der Waals surface area contributed by atoms with Crippen LogP contribution >= 0.6 is 11.8 Å². The number of carbonyl (C=O) groups is 1. The fourth-order valence-corrected chi connectivity index (χ4v) is 4.10. The molecule has 28 heavy (non-hydrogen) atoms. The molecule has 0 bridgehead atoms. The van der Waals surface area contributed by atoms with Crippen molar-refractivity contribution < 1.29 is 4.79 Å². The van der Waals surface area contributed by atoms with Crippen LogP contribution in [0.2, 0.25) is 0 Å². The van der Waals surface area contributed by atoms with Crippen LogP contribution in [0.4, 0.5) is 0 Å². The molecule has 0 fully saturated rings. The van der Waals surface area contributed by atoms with E-state index >= 15 is 0 Å². The predicted octanol–water partition coefficient (Wildman–Crippen LogP) is 5.20. The van der Waals surface area contributed by atoms with Crippen molar-refractivity contribution in [2.45, 2.75) is 10.4 Å². The van der Waals surface area contributed by atoms with E-state index in [9.17, 15) is 4.79 Å². The fraction of sp³-hybridized carbons (Fsp3) is 0.0870. The van der Waals surface area contributed by atoms with Crippen LogP contribution in [0.5, 0.6) is 0 Å². The minimum Gasteiger partial charge on any atom is -0.305 e. The van der Waals surface area contributed by atoms with Gasteiger partial charge in [0.15, 0.2) is 16.8 Å². The van der Waals surface area contributed by atoms with Crippen LogP contribution in [0, 0.1) is 0 Å². The van der Waals surface area contributed by atoms with Crippen LogP contribution in [-0.4, -0.2) is 20.5 Å². The third-order valence-corrected chi connectivity index (χ3v) is 5.78. The predicted molar refractivity (Wildman–Crippen MR) is 112 cm³/mol. The molecular weight excluding hydrogens is 366 g/mol. The molecule has 0 saturated carbocycles. The largest absolute Gasteiger partial charge is 0.305 e. The zero-order valence-electron chi connectivity index (χ0n) is 15.4. The lowest BCUT2D eigenvalue weighted by molar-refractivity contribution is 0.0989. The molecule has 3 aromatic carbocycles. The normalized spacial score (nSPS) is 11.9. The van der Waals surface area contributed by atoms with E-state index in [1.54, 1.807) is 0 Å². The van der Waals surface area contributed by atoms with Gasteiger partial charge in [-0.1, -0.05) is 103 Å². The van der Waals surface area contributed by atoms with Crippen molar-refractivity contribution >= 4 is 17.5 Å². The van der Waals surface area contributed by atoms with Gasteiger partial charge in [0.25, 0.3) is 0 Å². The Bertz CT molecular complexity index is 1060. The number of ketones is 1. The van der Waals surface area contributed by atoms with Crippen molar-refractivity contribution in [2.24, 2.45) is 7.05 Å². The second-order valence-corrected chi connectivity index (χ2v) is 7.44. The Balaban J connectivity index is 1.69. The Labute approximate surface area is 168 Å². The van der Waals surface area contributed by atoms with Crippen molar-refractivity contribution in [2.75, 3.05) is 0 Å². The highest BCUT2D eigenvalue weighted by molar-refractivity contribution is 8.00. The van der Waals surface area contributed by atoms with Gasteiger partial charge in [0.2, 0.25) is 0 Å². The maximum absolute atomic E-state index is 13.3. The number of thioether (sulfide) groups is 1. The Kier molecular flexibility index (Phi) is 5.35. The van der Waals surface area contributed by atoms with Crippen molar-refractivity contribution in [1.29, 1.82) is 0 Å². The first-order chi connectivity index (χ1) is 13.7. The van der Waals surface area contributed by atoms with E-state index in [1.807, 2.05) is 103 Å². The second kappa shape index (κ2) is 8.23. The lowest BCUT2D eigenvalue weighted by atomic mass is 10.0. The minimum absolute atomic E-state index is 0.0565. The van der Waals surface area contributed by atoms with E-state index in [2.05, 4.69) is 10.2 Å². The van der Waals surface area contributed by atoms with Gasteiger partial charge in [-0.3, -0.25) is 4.79 Å². The van der Waals surface area contributed by atoms with Crippen LogP contribution in [-0.2, 0) is 7.05 Å². The van der Waals surface area contributed by atoms with Crippen LogP contribution < -0.4 is 0 Å². The number of aromatic nitrogens is 3. The van der Waals surface area contributed by atoms with Gasteiger partial charge in [-0.15, -0.1) is 10.2 Å². The van der Waals surface area contributed by atoms with Gasteiger partial charge in [0.05, 0.1) is 0 Å². The molecule has 138 valence electrons. The molecule has 0 aliphatic carbocycles.